The molecule has 0 amide bonds. The average molecular weight is 252 g/mol. The topological polar surface area (TPSA) is 36.9 Å². The molecule has 3 radical (unpaired) electrons. The van der Waals surface area contributed by atoms with Crippen LogP contribution in [0.5, 0.6) is 0 Å². The molecule has 0 unspecified atom stereocenters. The van der Waals surface area contributed by atoms with Crippen molar-refractivity contribution in [1.29, 1.82) is 0 Å². The highest BCUT2D eigenvalue weighted by molar-refractivity contribution is 6.84. The maximum absolute atomic E-state index is 5.92. The van der Waals surface area contributed by atoms with Crippen LogP contribution in [0, 0.1) is 0 Å². The molecule has 0 atom stereocenters. The molecule has 1 rings (SSSR count). The van der Waals surface area contributed by atoms with E-state index in [2.05, 4.69) is 0 Å². The molecule has 13 heavy (non-hydrogen) atoms. The fourth-order valence-electron chi connectivity index (χ4n) is 1.18. The van der Waals surface area contributed by atoms with Crippen molar-refractivity contribution in [2.45, 2.75) is 32.7 Å². The van der Waals surface area contributed by atoms with E-state index in [1.165, 1.54) is 0 Å². The molecule has 75 valence electrons. The zero-order chi connectivity index (χ0) is 10.1. The first kappa shape index (κ1) is 11.8. The molecule has 1 aliphatic rings. The minimum atomic E-state index is -2.01. The highest BCUT2D eigenvalue weighted by Crippen LogP contribution is 2.19. The Labute approximate surface area is 85.9 Å². The van der Waals surface area contributed by atoms with Crippen molar-refractivity contribution < 1.29 is 16.5 Å². The van der Waals surface area contributed by atoms with Gasteiger partial charge in [-0.05, 0) is 32.7 Å². The Morgan fingerprint density at radius 1 is 1.08 bits per heavy atom. The Morgan fingerprint density at radius 3 is 2.31 bits per heavy atom. The van der Waals surface area contributed by atoms with Crippen LogP contribution in [-0.4, -0.2) is 36.4 Å². The van der Waals surface area contributed by atoms with Crippen LogP contribution in [-0.2, 0) is 16.5 Å². The fourth-order valence-corrected chi connectivity index (χ4v) is 12.1. The molecule has 1 saturated heterocycles. The van der Waals surface area contributed by atoms with E-state index < -0.39 is 26.4 Å². The Bertz CT molecular complexity index is 185. The summed E-state index contributed by atoms with van der Waals surface area (Å²) in [5.74, 6) is 0. The lowest BCUT2D eigenvalue weighted by Gasteiger charge is -2.36. The molecular formula is C5H15O4Si4. The molecule has 0 aromatic carbocycles. The van der Waals surface area contributed by atoms with Gasteiger partial charge in [-0.1, -0.05) is 0 Å². The summed E-state index contributed by atoms with van der Waals surface area (Å²) < 4.78 is 22.7. The lowest BCUT2D eigenvalue weighted by molar-refractivity contribution is 0.275. The van der Waals surface area contributed by atoms with E-state index in [4.69, 9.17) is 16.5 Å². The standard InChI is InChI=1S/C5H15O4Si4/c1-11-6-10-7-12(2,3)9-13(4,5)8-11/h1-5H3. The SMILES string of the molecule is C[Si]1O[Si]O[Si](C)(C)O[Si](C)(C)O1. The summed E-state index contributed by atoms with van der Waals surface area (Å²) in [5.41, 5.74) is 0. The van der Waals surface area contributed by atoms with Crippen LogP contribution in [0.2, 0.25) is 32.7 Å². The Kier molecular flexibility index (Phi) is 3.68. The third-order valence-electron chi connectivity index (χ3n) is 1.35. The van der Waals surface area contributed by atoms with Crippen molar-refractivity contribution >= 4 is 36.4 Å². The lowest BCUT2D eigenvalue weighted by Crippen LogP contribution is -2.54. The summed E-state index contributed by atoms with van der Waals surface area (Å²) in [4.78, 5) is 0. The monoisotopic (exact) mass is 251 g/mol. The first-order valence-electron chi connectivity index (χ1n) is 4.13. The van der Waals surface area contributed by atoms with Crippen molar-refractivity contribution in [3.8, 4) is 0 Å². The minimum Gasteiger partial charge on any atom is -0.416 e. The van der Waals surface area contributed by atoms with Gasteiger partial charge in [0.25, 0.3) is 0 Å². The molecule has 0 saturated carbocycles. The van der Waals surface area contributed by atoms with E-state index >= 15 is 0 Å². The van der Waals surface area contributed by atoms with Gasteiger partial charge in [-0.3, -0.25) is 0 Å². The van der Waals surface area contributed by atoms with Gasteiger partial charge in [0.1, 0.15) is 0 Å². The van der Waals surface area contributed by atoms with Gasteiger partial charge < -0.3 is 16.5 Å². The molecule has 1 heterocycles. The van der Waals surface area contributed by atoms with Crippen molar-refractivity contribution in [3.05, 3.63) is 0 Å². The molecule has 1 fully saturated rings. The smallest absolute Gasteiger partial charge is 0.413 e. The minimum absolute atomic E-state index is 0.0773. The summed E-state index contributed by atoms with van der Waals surface area (Å²) in [6.07, 6.45) is 0. The maximum Gasteiger partial charge on any atom is 0.413 e. The van der Waals surface area contributed by atoms with E-state index in [1.807, 2.05) is 32.7 Å². The fraction of sp³-hybridized carbons (Fsp3) is 1.00. The van der Waals surface area contributed by atoms with Gasteiger partial charge in [-0.25, -0.2) is 0 Å². The maximum atomic E-state index is 5.92. The van der Waals surface area contributed by atoms with E-state index in [9.17, 15) is 0 Å². The van der Waals surface area contributed by atoms with Gasteiger partial charge in [0, 0.05) is 0 Å². The molecule has 0 bridgehead atoms. The highest BCUT2D eigenvalue weighted by Gasteiger charge is 2.40. The zero-order valence-electron chi connectivity index (χ0n) is 8.63. The second kappa shape index (κ2) is 4.06. The van der Waals surface area contributed by atoms with Crippen molar-refractivity contribution in [2.24, 2.45) is 0 Å². The summed E-state index contributed by atoms with van der Waals surface area (Å²) in [6.45, 7) is 10.1. The largest absolute Gasteiger partial charge is 0.416 e. The first-order valence-corrected chi connectivity index (χ1v) is 12.4. The van der Waals surface area contributed by atoms with E-state index in [1.54, 1.807) is 0 Å². The first-order chi connectivity index (χ1) is 5.81. The quantitative estimate of drug-likeness (QED) is 0.605. The number of hydrogen-bond acceptors (Lipinski definition) is 4. The summed E-state index contributed by atoms with van der Waals surface area (Å²) in [6, 6.07) is 0. The molecule has 1 aliphatic heterocycles. The summed E-state index contributed by atoms with van der Waals surface area (Å²) in [7, 11) is -5.09. The summed E-state index contributed by atoms with van der Waals surface area (Å²) >= 11 is 0. The van der Waals surface area contributed by atoms with Gasteiger partial charge in [-0.15, -0.1) is 0 Å². The van der Waals surface area contributed by atoms with Crippen molar-refractivity contribution in [3.63, 3.8) is 0 Å². The van der Waals surface area contributed by atoms with E-state index in [-0.39, 0.29) is 10.0 Å². The Balaban J connectivity index is 2.65. The highest BCUT2D eigenvalue weighted by atomic mass is 28.5. The molecule has 4 nitrogen and oxygen atoms in total. The van der Waals surface area contributed by atoms with Crippen LogP contribution in [0.1, 0.15) is 0 Å². The Hall–Kier alpha value is 0.708. The van der Waals surface area contributed by atoms with Gasteiger partial charge in [0.15, 0.2) is 0 Å². The van der Waals surface area contributed by atoms with Crippen LogP contribution in [0.3, 0.4) is 0 Å². The molecule has 8 heteroatoms. The van der Waals surface area contributed by atoms with Crippen LogP contribution in [0.15, 0.2) is 0 Å². The lowest BCUT2D eigenvalue weighted by atomic mass is 11.9. The second-order valence-corrected chi connectivity index (χ2v) is 13.8. The van der Waals surface area contributed by atoms with Gasteiger partial charge in [-0.2, -0.15) is 0 Å². The molecule has 0 N–H and O–H groups in total. The van der Waals surface area contributed by atoms with Gasteiger partial charge >= 0.3 is 36.4 Å². The third kappa shape index (κ3) is 4.16. The van der Waals surface area contributed by atoms with Crippen molar-refractivity contribution in [1.82, 2.24) is 0 Å². The van der Waals surface area contributed by atoms with Crippen LogP contribution < -0.4 is 0 Å². The number of rotatable bonds is 0. The van der Waals surface area contributed by atoms with Crippen LogP contribution in [0.25, 0.3) is 0 Å². The molecular weight excluding hydrogens is 236 g/mol. The zero-order valence-corrected chi connectivity index (χ0v) is 12.6. The van der Waals surface area contributed by atoms with Crippen LogP contribution >= 0.6 is 0 Å². The predicted molar refractivity (Wildman–Crippen MR) is 56.7 cm³/mol. The normalized spacial score (nSPS) is 29.3. The summed E-state index contributed by atoms with van der Waals surface area (Å²) in [5, 5.41) is 0. The Morgan fingerprint density at radius 2 is 1.69 bits per heavy atom. The van der Waals surface area contributed by atoms with Crippen molar-refractivity contribution in [2.75, 3.05) is 0 Å². The average Bonchev–Trinajstić information content (AvgIpc) is 1.78. The van der Waals surface area contributed by atoms with Crippen LogP contribution in [0.4, 0.5) is 0 Å². The molecule has 0 aromatic heterocycles. The molecule has 0 aliphatic carbocycles. The predicted octanol–water partition coefficient (Wildman–Crippen LogP) is 1.12. The second-order valence-electron chi connectivity index (χ2n) is 3.78. The van der Waals surface area contributed by atoms with E-state index in [0.29, 0.717) is 0 Å². The third-order valence-corrected chi connectivity index (χ3v) is 12.2. The van der Waals surface area contributed by atoms with E-state index in [0.717, 1.165) is 0 Å². The van der Waals surface area contributed by atoms with Gasteiger partial charge in [0.2, 0.25) is 0 Å². The molecule has 0 aromatic rings. The molecule has 0 spiro atoms. The number of hydrogen-bond donors (Lipinski definition) is 0. The van der Waals surface area contributed by atoms with Gasteiger partial charge in [0.05, 0.1) is 0 Å².